The highest BCUT2D eigenvalue weighted by atomic mass is 79.9. The van der Waals surface area contributed by atoms with Gasteiger partial charge in [0.15, 0.2) is 0 Å². The molecule has 0 heterocycles. The van der Waals surface area contributed by atoms with Crippen LogP contribution in [0.2, 0.25) is 0 Å². The molecule has 19 heavy (non-hydrogen) atoms. The molecule has 3 nitrogen and oxygen atoms in total. The van der Waals surface area contributed by atoms with E-state index in [9.17, 15) is 0 Å². The quantitative estimate of drug-likeness (QED) is 0.914. The number of rotatable bonds is 4. The van der Waals surface area contributed by atoms with Crippen LogP contribution in [-0.2, 0) is 0 Å². The highest BCUT2D eigenvalue weighted by molar-refractivity contribution is 9.10. The molecule has 0 amide bonds. The summed E-state index contributed by atoms with van der Waals surface area (Å²) in [4.78, 5) is 0. The van der Waals surface area contributed by atoms with Gasteiger partial charge in [-0.1, -0.05) is 22.0 Å². The summed E-state index contributed by atoms with van der Waals surface area (Å²) in [5.74, 6) is 2.22. The topological polar surface area (TPSA) is 44.5 Å². The highest BCUT2D eigenvalue weighted by Crippen LogP contribution is 2.35. The number of nitrogens with two attached hydrogens (primary N) is 1. The number of hydrogen-bond donors (Lipinski definition) is 1. The largest absolute Gasteiger partial charge is 0.496 e. The lowest BCUT2D eigenvalue weighted by Crippen LogP contribution is -2.08. The molecule has 4 heteroatoms. The molecule has 2 aromatic carbocycles. The van der Waals surface area contributed by atoms with Crippen molar-refractivity contribution in [2.24, 2.45) is 5.73 Å². The van der Waals surface area contributed by atoms with Crippen LogP contribution in [0.15, 0.2) is 46.9 Å². The summed E-state index contributed by atoms with van der Waals surface area (Å²) < 4.78 is 12.2. The zero-order chi connectivity index (χ0) is 13.8. The number of hydrogen-bond acceptors (Lipinski definition) is 3. The molecule has 0 saturated heterocycles. The Hall–Kier alpha value is -1.52. The van der Waals surface area contributed by atoms with Crippen LogP contribution >= 0.6 is 15.9 Å². The molecule has 1 unspecified atom stereocenters. The van der Waals surface area contributed by atoms with Gasteiger partial charge in [-0.05, 0) is 43.3 Å². The predicted molar refractivity (Wildman–Crippen MR) is 79.8 cm³/mol. The van der Waals surface area contributed by atoms with E-state index in [0.29, 0.717) is 0 Å². The SMILES string of the molecule is COc1cccc(Oc2ccc(Br)cc2)c1C(C)N. The molecule has 0 aliphatic carbocycles. The van der Waals surface area contributed by atoms with Crippen molar-refractivity contribution in [3.05, 3.63) is 52.5 Å². The first-order valence-corrected chi connectivity index (χ1v) is 6.77. The average molecular weight is 322 g/mol. The maximum Gasteiger partial charge on any atom is 0.135 e. The van der Waals surface area contributed by atoms with E-state index < -0.39 is 0 Å². The van der Waals surface area contributed by atoms with Crippen LogP contribution in [0.25, 0.3) is 0 Å². The van der Waals surface area contributed by atoms with Gasteiger partial charge >= 0.3 is 0 Å². The van der Waals surface area contributed by atoms with E-state index in [1.807, 2.05) is 49.4 Å². The minimum Gasteiger partial charge on any atom is -0.496 e. The summed E-state index contributed by atoms with van der Waals surface area (Å²) >= 11 is 3.40. The van der Waals surface area contributed by atoms with Gasteiger partial charge in [0.2, 0.25) is 0 Å². The minimum atomic E-state index is -0.165. The second kappa shape index (κ2) is 6.08. The Kier molecular flexibility index (Phi) is 4.45. The van der Waals surface area contributed by atoms with Gasteiger partial charge in [-0.25, -0.2) is 0 Å². The number of halogens is 1. The standard InChI is InChI=1S/C15H16BrNO2/c1-10(17)15-13(18-2)4-3-5-14(15)19-12-8-6-11(16)7-9-12/h3-10H,17H2,1-2H3. The molecule has 100 valence electrons. The summed E-state index contributed by atoms with van der Waals surface area (Å²) in [6.45, 7) is 1.91. The van der Waals surface area contributed by atoms with Crippen LogP contribution < -0.4 is 15.2 Å². The van der Waals surface area contributed by atoms with Gasteiger partial charge in [-0.15, -0.1) is 0 Å². The first-order valence-electron chi connectivity index (χ1n) is 5.97. The third-order valence-electron chi connectivity index (χ3n) is 2.74. The van der Waals surface area contributed by atoms with Crippen molar-refractivity contribution in [1.29, 1.82) is 0 Å². The molecule has 0 aliphatic rings. The molecule has 0 radical (unpaired) electrons. The third kappa shape index (κ3) is 3.28. The summed E-state index contributed by atoms with van der Waals surface area (Å²) in [5, 5.41) is 0. The Bertz CT molecular complexity index is 553. The second-order valence-corrected chi connectivity index (χ2v) is 5.13. The minimum absolute atomic E-state index is 0.165. The Morgan fingerprint density at radius 1 is 1.05 bits per heavy atom. The van der Waals surface area contributed by atoms with Gasteiger partial charge in [0.25, 0.3) is 0 Å². The van der Waals surface area contributed by atoms with Crippen LogP contribution in [-0.4, -0.2) is 7.11 Å². The van der Waals surface area contributed by atoms with Crippen molar-refractivity contribution < 1.29 is 9.47 Å². The van der Waals surface area contributed by atoms with Crippen molar-refractivity contribution in [2.75, 3.05) is 7.11 Å². The lowest BCUT2D eigenvalue weighted by molar-refractivity contribution is 0.397. The van der Waals surface area contributed by atoms with Gasteiger partial charge < -0.3 is 15.2 Å². The molecule has 0 aliphatic heterocycles. The second-order valence-electron chi connectivity index (χ2n) is 4.22. The zero-order valence-electron chi connectivity index (χ0n) is 10.9. The van der Waals surface area contributed by atoms with Gasteiger partial charge in [-0.2, -0.15) is 0 Å². The number of methoxy groups -OCH3 is 1. The van der Waals surface area contributed by atoms with Crippen LogP contribution in [0.5, 0.6) is 17.2 Å². The highest BCUT2D eigenvalue weighted by Gasteiger charge is 2.14. The molecule has 0 spiro atoms. The van der Waals surface area contributed by atoms with Crippen molar-refractivity contribution >= 4 is 15.9 Å². The molecule has 1 atom stereocenters. The normalized spacial score (nSPS) is 12.0. The zero-order valence-corrected chi connectivity index (χ0v) is 12.5. The number of benzene rings is 2. The van der Waals surface area contributed by atoms with Gasteiger partial charge in [0.05, 0.1) is 12.7 Å². The summed E-state index contributed by atoms with van der Waals surface area (Å²) in [7, 11) is 1.63. The smallest absolute Gasteiger partial charge is 0.135 e. The molecule has 0 aromatic heterocycles. The fourth-order valence-corrected chi connectivity index (χ4v) is 2.13. The lowest BCUT2D eigenvalue weighted by Gasteiger charge is -2.17. The number of ether oxygens (including phenoxy) is 2. The van der Waals surface area contributed by atoms with Crippen LogP contribution in [0.3, 0.4) is 0 Å². The van der Waals surface area contributed by atoms with Gasteiger partial charge in [0, 0.05) is 10.5 Å². The summed E-state index contributed by atoms with van der Waals surface area (Å²) in [6.07, 6.45) is 0. The lowest BCUT2D eigenvalue weighted by atomic mass is 10.1. The molecule has 0 saturated carbocycles. The molecule has 2 rings (SSSR count). The van der Waals surface area contributed by atoms with Crippen molar-refractivity contribution in [2.45, 2.75) is 13.0 Å². The molecular formula is C15H16BrNO2. The van der Waals surface area contributed by atoms with Crippen molar-refractivity contribution in [3.8, 4) is 17.2 Å². The third-order valence-corrected chi connectivity index (χ3v) is 3.27. The fourth-order valence-electron chi connectivity index (χ4n) is 1.87. The van der Waals surface area contributed by atoms with E-state index >= 15 is 0 Å². The Labute approximate surface area is 121 Å². The Morgan fingerprint density at radius 3 is 2.26 bits per heavy atom. The monoisotopic (exact) mass is 321 g/mol. The van der Waals surface area contributed by atoms with Gasteiger partial charge in [0.1, 0.15) is 17.2 Å². The van der Waals surface area contributed by atoms with E-state index in [-0.39, 0.29) is 6.04 Å². The van der Waals surface area contributed by atoms with Crippen molar-refractivity contribution in [1.82, 2.24) is 0 Å². The van der Waals surface area contributed by atoms with Crippen LogP contribution in [0.1, 0.15) is 18.5 Å². The molecule has 0 bridgehead atoms. The van der Waals surface area contributed by atoms with E-state index in [2.05, 4.69) is 15.9 Å². The molecular weight excluding hydrogens is 306 g/mol. The van der Waals surface area contributed by atoms with E-state index in [1.165, 1.54) is 0 Å². The fraction of sp³-hybridized carbons (Fsp3) is 0.200. The van der Waals surface area contributed by atoms with E-state index in [1.54, 1.807) is 7.11 Å². The van der Waals surface area contributed by atoms with Crippen molar-refractivity contribution in [3.63, 3.8) is 0 Å². The van der Waals surface area contributed by atoms with E-state index in [0.717, 1.165) is 27.3 Å². The Morgan fingerprint density at radius 2 is 1.68 bits per heavy atom. The van der Waals surface area contributed by atoms with Crippen LogP contribution in [0.4, 0.5) is 0 Å². The maximum absolute atomic E-state index is 6.00. The Balaban J connectivity index is 2.36. The predicted octanol–water partition coefficient (Wildman–Crippen LogP) is 4.27. The van der Waals surface area contributed by atoms with E-state index in [4.69, 9.17) is 15.2 Å². The van der Waals surface area contributed by atoms with Crippen LogP contribution in [0, 0.1) is 0 Å². The molecule has 2 N–H and O–H groups in total. The summed E-state index contributed by atoms with van der Waals surface area (Å²) in [5.41, 5.74) is 6.87. The van der Waals surface area contributed by atoms with Gasteiger partial charge in [-0.3, -0.25) is 0 Å². The molecule has 2 aromatic rings. The first-order chi connectivity index (χ1) is 9.11. The first kappa shape index (κ1) is 13.9. The summed E-state index contributed by atoms with van der Waals surface area (Å²) in [6, 6.07) is 13.2. The average Bonchev–Trinajstić information content (AvgIpc) is 2.40. The molecule has 0 fully saturated rings. The maximum atomic E-state index is 6.00.